The quantitative estimate of drug-likeness (QED) is 0.661. The number of nitrogens with two attached hydrogens (primary N) is 1. The highest BCUT2D eigenvalue weighted by molar-refractivity contribution is 7.88. The molecule has 0 amide bonds. The van der Waals surface area contributed by atoms with E-state index in [0.29, 0.717) is 37.2 Å². The fourth-order valence-corrected chi connectivity index (χ4v) is 4.10. The average Bonchev–Trinajstić information content (AvgIpc) is 2.49. The number of hydrogen-bond acceptors (Lipinski definition) is 5. The summed E-state index contributed by atoms with van der Waals surface area (Å²) in [5, 5.41) is 0. The van der Waals surface area contributed by atoms with Crippen LogP contribution in [0.25, 0.3) is 0 Å². The Morgan fingerprint density at radius 3 is 2.52 bits per heavy atom. The highest BCUT2D eigenvalue weighted by atomic mass is 32.2. The zero-order chi connectivity index (χ0) is 15.5. The number of hydrogen-bond donors (Lipinski definition) is 1. The second kappa shape index (κ2) is 6.44. The molecule has 1 saturated heterocycles. The van der Waals surface area contributed by atoms with Gasteiger partial charge in [-0.15, -0.1) is 0 Å². The molecular weight excluding hydrogens is 292 g/mol. The van der Waals surface area contributed by atoms with Gasteiger partial charge in [-0.1, -0.05) is 18.2 Å². The smallest absolute Gasteiger partial charge is 0.308 e. The maximum absolute atomic E-state index is 12.4. The van der Waals surface area contributed by atoms with E-state index in [1.54, 1.807) is 24.3 Å². The highest BCUT2D eigenvalue weighted by Crippen LogP contribution is 2.23. The van der Waals surface area contributed by atoms with E-state index in [-0.39, 0.29) is 17.6 Å². The van der Waals surface area contributed by atoms with E-state index in [1.165, 1.54) is 11.4 Å². The van der Waals surface area contributed by atoms with Crippen molar-refractivity contribution < 1.29 is 17.9 Å². The van der Waals surface area contributed by atoms with Crippen LogP contribution in [0.15, 0.2) is 24.3 Å². The molecule has 7 heteroatoms. The van der Waals surface area contributed by atoms with Crippen molar-refractivity contribution in [2.24, 2.45) is 5.92 Å². The third kappa shape index (κ3) is 3.74. The van der Waals surface area contributed by atoms with Gasteiger partial charge in [0.25, 0.3) is 0 Å². The van der Waals surface area contributed by atoms with Crippen molar-refractivity contribution in [3.05, 3.63) is 29.8 Å². The SMILES string of the molecule is COC(=O)C1CCN(S(=O)(=O)Cc2ccccc2N)CC1. The van der Waals surface area contributed by atoms with Crippen LogP contribution in [0.4, 0.5) is 5.69 Å². The molecule has 0 aromatic heterocycles. The maximum atomic E-state index is 12.4. The largest absolute Gasteiger partial charge is 0.469 e. The number of nitrogens with zero attached hydrogens (tertiary/aromatic N) is 1. The predicted octanol–water partition coefficient (Wildman–Crippen LogP) is 0.984. The molecule has 0 radical (unpaired) electrons. The number of nitrogen functional groups attached to an aromatic ring is 1. The van der Waals surface area contributed by atoms with Gasteiger partial charge in [-0.3, -0.25) is 4.79 Å². The van der Waals surface area contributed by atoms with Crippen molar-refractivity contribution in [1.29, 1.82) is 0 Å². The van der Waals surface area contributed by atoms with Crippen LogP contribution in [-0.2, 0) is 25.3 Å². The Morgan fingerprint density at radius 1 is 1.33 bits per heavy atom. The van der Waals surface area contributed by atoms with Gasteiger partial charge in [0.2, 0.25) is 10.0 Å². The molecule has 0 saturated carbocycles. The predicted molar refractivity (Wildman–Crippen MR) is 79.8 cm³/mol. The molecule has 1 aromatic carbocycles. The number of benzene rings is 1. The fourth-order valence-electron chi connectivity index (χ4n) is 2.49. The standard InChI is InChI=1S/C14H20N2O4S/c1-20-14(17)11-6-8-16(9-7-11)21(18,19)10-12-4-2-3-5-13(12)15/h2-5,11H,6-10,15H2,1H3. The van der Waals surface area contributed by atoms with E-state index in [2.05, 4.69) is 0 Å². The van der Waals surface area contributed by atoms with Crippen molar-refractivity contribution in [2.75, 3.05) is 25.9 Å². The van der Waals surface area contributed by atoms with E-state index in [4.69, 9.17) is 10.5 Å². The number of anilines is 1. The van der Waals surface area contributed by atoms with Gasteiger partial charge in [0, 0.05) is 18.8 Å². The summed E-state index contributed by atoms with van der Waals surface area (Å²) in [6, 6.07) is 6.94. The lowest BCUT2D eigenvalue weighted by Crippen LogP contribution is -2.41. The molecular formula is C14H20N2O4S. The summed E-state index contributed by atoms with van der Waals surface area (Å²) in [4.78, 5) is 11.5. The first-order valence-electron chi connectivity index (χ1n) is 6.83. The molecule has 116 valence electrons. The molecule has 0 spiro atoms. The molecule has 21 heavy (non-hydrogen) atoms. The summed E-state index contributed by atoms with van der Waals surface area (Å²) >= 11 is 0. The Bertz CT molecular complexity index is 607. The molecule has 0 atom stereocenters. The van der Waals surface area contributed by atoms with Crippen LogP contribution in [-0.4, -0.2) is 38.9 Å². The molecule has 1 heterocycles. The zero-order valence-corrected chi connectivity index (χ0v) is 12.8. The zero-order valence-electron chi connectivity index (χ0n) is 12.0. The van der Waals surface area contributed by atoms with Crippen molar-refractivity contribution >= 4 is 21.7 Å². The van der Waals surface area contributed by atoms with Crippen LogP contribution in [0, 0.1) is 5.92 Å². The Labute approximate surface area is 124 Å². The number of methoxy groups -OCH3 is 1. The molecule has 2 N–H and O–H groups in total. The summed E-state index contributed by atoms with van der Waals surface area (Å²) in [6.07, 6.45) is 0.992. The average molecular weight is 312 g/mol. The van der Waals surface area contributed by atoms with Crippen molar-refractivity contribution in [3.63, 3.8) is 0 Å². The number of carbonyl (C=O) groups is 1. The molecule has 0 aliphatic carbocycles. The lowest BCUT2D eigenvalue weighted by molar-refractivity contribution is -0.146. The van der Waals surface area contributed by atoms with Crippen LogP contribution in [0.2, 0.25) is 0 Å². The maximum Gasteiger partial charge on any atom is 0.308 e. The minimum absolute atomic E-state index is 0.109. The molecule has 2 rings (SSSR count). The molecule has 1 aromatic rings. The van der Waals surface area contributed by atoms with Crippen LogP contribution in [0.3, 0.4) is 0 Å². The van der Waals surface area contributed by atoms with Crippen molar-refractivity contribution in [3.8, 4) is 0 Å². The van der Waals surface area contributed by atoms with E-state index in [1.807, 2.05) is 0 Å². The first kappa shape index (κ1) is 15.8. The third-order valence-corrected chi connectivity index (χ3v) is 5.60. The minimum atomic E-state index is -3.41. The second-order valence-corrected chi connectivity index (χ2v) is 7.12. The number of rotatable bonds is 4. The van der Waals surface area contributed by atoms with Crippen LogP contribution in [0.5, 0.6) is 0 Å². The van der Waals surface area contributed by atoms with E-state index < -0.39 is 10.0 Å². The molecule has 1 aliphatic rings. The fraction of sp³-hybridized carbons (Fsp3) is 0.500. The third-order valence-electron chi connectivity index (χ3n) is 3.77. The van der Waals surface area contributed by atoms with Gasteiger partial charge in [-0.2, -0.15) is 0 Å². The summed E-state index contributed by atoms with van der Waals surface area (Å²) in [6.45, 7) is 0.684. The minimum Gasteiger partial charge on any atom is -0.469 e. The first-order chi connectivity index (χ1) is 9.94. The molecule has 0 unspecified atom stereocenters. The Morgan fingerprint density at radius 2 is 1.95 bits per heavy atom. The van der Waals surface area contributed by atoms with Crippen molar-refractivity contribution in [1.82, 2.24) is 4.31 Å². The lowest BCUT2D eigenvalue weighted by Gasteiger charge is -2.30. The number of sulfonamides is 1. The normalized spacial score (nSPS) is 17.6. The van der Waals surface area contributed by atoms with Crippen molar-refractivity contribution in [2.45, 2.75) is 18.6 Å². The molecule has 0 bridgehead atoms. The Hall–Kier alpha value is -1.60. The number of piperidine rings is 1. The van der Waals surface area contributed by atoms with Crippen LogP contribution >= 0.6 is 0 Å². The summed E-state index contributed by atoms with van der Waals surface area (Å²) in [7, 11) is -2.06. The molecule has 6 nitrogen and oxygen atoms in total. The first-order valence-corrected chi connectivity index (χ1v) is 8.44. The van der Waals surface area contributed by atoms with E-state index in [9.17, 15) is 13.2 Å². The van der Waals surface area contributed by atoms with E-state index in [0.717, 1.165) is 0 Å². The lowest BCUT2D eigenvalue weighted by atomic mass is 9.99. The summed E-state index contributed by atoms with van der Waals surface area (Å²) < 4.78 is 30.9. The summed E-state index contributed by atoms with van der Waals surface area (Å²) in [5.74, 6) is -0.578. The monoisotopic (exact) mass is 312 g/mol. The number of ether oxygens (including phenoxy) is 1. The number of esters is 1. The van der Waals surface area contributed by atoms with Gasteiger partial charge in [-0.05, 0) is 24.5 Å². The topological polar surface area (TPSA) is 89.7 Å². The van der Waals surface area contributed by atoms with Gasteiger partial charge in [-0.25, -0.2) is 12.7 Å². The Kier molecular flexibility index (Phi) is 4.84. The number of carbonyl (C=O) groups excluding carboxylic acids is 1. The summed E-state index contributed by atoms with van der Waals surface area (Å²) in [5.41, 5.74) is 6.87. The van der Waals surface area contributed by atoms with Gasteiger partial charge < -0.3 is 10.5 Å². The molecule has 1 fully saturated rings. The van der Waals surface area contributed by atoms with Gasteiger partial charge >= 0.3 is 5.97 Å². The van der Waals surface area contributed by atoms with Gasteiger partial charge in [0.05, 0.1) is 18.8 Å². The van der Waals surface area contributed by atoms with E-state index >= 15 is 0 Å². The molecule has 1 aliphatic heterocycles. The number of para-hydroxylation sites is 1. The Balaban J connectivity index is 2.02. The van der Waals surface area contributed by atoms with Crippen LogP contribution in [0.1, 0.15) is 18.4 Å². The van der Waals surface area contributed by atoms with Gasteiger partial charge in [0.1, 0.15) is 0 Å². The van der Waals surface area contributed by atoms with Gasteiger partial charge in [0.15, 0.2) is 0 Å². The highest BCUT2D eigenvalue weighted by Gasteiger charge is 2.31. The second-order valence-electron chi connectivity index (χ2n) is 5.15. The van der Waals surface area contributed by atoms with Crippen LogP contribution < -0.4 is 5.73 Å².